The minimum atomic E-state index is -0.565. The fraction of sp³-hybridized carbons (Fsp3) is 0.400. The first-order valence-corrected chi connectivity index (χ1v) is 14.2. The van der Waals surface area contributed by atoms with Gasteiger partial charge in [-0.25, -0.2) is 19.4 Å². The number of rotatable bonds is 8. The molecule has 2 aromatic carbocycles. The Morgan fingerprint density at radius 3 is 2.39 bits per heavy atom. The molecule has 0 spiro atoms. The van der Waals surface area contributed by atoms with Gasteiger partial charge in [0.1, 0.15) is 12.1 Å². The quantitative estimate of drug-likeness (QED) is 0.300. The minimum Gasteiger partial charge on any atom is -0.361 e. The summed E-state index contributed by atoms with van der Waals surface area (Å²) in [5.74, 6) is 1.71. The highest BCUT2D eigenvalue weighted by Gasteiger charge is 2.28. The van der Waals surface area contributed by atoms with Gasteiger partial charge in [-0.3, -0.25) is 9.36 Å². The van der Waals surface area contributed by atoms with Gasteiger partial charge in [-0.2, -0.15) is 0 Å². The third kappa shape index (κ3) is 4.80. The summed E-state index contributed by atoms with van der Waals surface area (Å²) in [6.07, 6.45) is 4.93. The van der Waals surface area contributed by atoms with Crippen molar-refractivity contribution in [3.8, 4) is 22.5 Å². The number of benzene rings is 2. The zero-order valence-corrected chi connectivity index (χ0v) is 23.6. The molecule has 6 rings (SSSR count). The van der Waals surface area contributed by atoms with Crippen LogP contribution in [0.5, 0.6) is 0 Å². The molecule has 1 saturated carbocycles. The molecule has 1 aliphatic rings. The molecular weight excluding hydrogens is 520 g/mol. The van der Waals surface area contributed by atoms with Gasteiger partial charge in [-0.15, -0.1) is 5.10 Å². The molecule has 212 valence electrons. The van der Waals surface area contributed by atoms with Crippen molar-refractivity contribution < 1.29 is 4.74 Å². The number of imidazole rings is 1. The van der Waals surface area contributed by atoms with Crippen LogP contribution in [-0.4, -0.2) is 46.4 Å². The number of nitrogens with one attached hydrogen (secondary N) is 1. The van der Waals surface area contributed by atoms with Gasteiger partial charge in [0.25, 0.3) is 5.56 Å². The summed E-state index contributed by atoms with van der Waals surface area (Å²) in [5.41, 5.74) is 4.11. The standard InChI is InChI=1S/C30H34N8O3/c1-4-36-29(39)25-28(38(30(36)40)19(2)41-3)31-27(22-10-6-5-7-11-22)37(25)18-20-14-16-21(17-15-20)23-12-8-9-13-24(23)26-32-34-35-33-26/h8-9,12-17,19,22H,4-7,10-11,18H2,1-3H3,(H,32,33,34,35). The van der Waals surface area contributed by atoms with Crippen LogP contribution in [0.4, 0.5) is 0 Å². The van der Waals surface area contributed by atoms with E-state index in [1.165, 1.54) is 15.6 Å². The van der Waals surface area contributed by atoms with Gasteiger partial charge in [0.05, 0.1) is 0 Å². The van der Waals surface area contributed by atoms with Gasteiger partial charge in [0.2, 0.25) is 0 Å². The number of hydrogen-bond acceptors (Lipinski definition) is 7. The molecule has 1 atom stereocenters. The van der Waals surface area contributed by atoms with E-state index in [0.717, 1.165) is 53.8 Å². The summed E-state index contributed by atoms with van der Waals surface area (Å²) in [7, 11) is 1.56. The smallest absolute Gasteiger partial charge is 0.334 e. The Kier molecular flexibility index (Phi) is 7.36. The first-order valence-electron chi connectivity index (χ1n) is 14.2. The molecule has 0 aliphatic heterocycles. The predicted octanol–water partition coefficient (Wildman–Crippen LogP) is 4.49. The van der Waals surface area contributed by atoms with E-state index >= 15 is 0 Å². The van der Waals surface area contributed by atoms with Gasteiger partial charge >= 0.3 is 5.69 Å². The van der Waals surface area contributed by atoms with Crippen LogP contribution in [0.15, 0.2) is 58.1 Å². The van der Waals surface area contributed by atoms with Crippen LogP contribution in [-0.2, 0) is 17.8 Å². The predicted molar refractivity (Wildman–Crippen MR) is 156 cm³/mol. The lowest BCUT2D eigenvalue weighted by Gasteiger charge is -2.22. The maximum absolute atomic E-state index is 13.8. The minimum absolute atomic E-state index is 0.230. The molecular formula is C30H34N8O3. The van der Waals surface area contributed by atoms with Crippen LogP contribution in [0.1, 0.15) is 69.5 Å². The molecule has 0 amide bonds. The number of aromatic amines is 1. The fourth-order valence-corrected chi connectivity index (χ4v) is 6.00. The SMILES string of the molecule is CCn1c(=O)c2c(nc(C3CCCCC3)n2Cc2ccc(-c3ccccc3-c3nnn[nH]3)cc2)n(C(C)OC)c1=O. The van der Waals surface area contributed by atoms with Crippen LogP contribution in [0.2, 0.25) is 0 Å². The monoisotopic (exact) mass is 554 g/mol. The first kappa shape index (κ1) is 26.8. The Balaban J connectivity index is 1.47. The zero-order chi connectivity index (χ0) is 28.5. The molecule has 1 N–H and O–H groups in total. The molecule has 11 heteroatoms. The van der Waals surface area contributed by atoms with Crippen molar-refractivity contribution in [1.29, 1.82) is 0 Å². The zero-order valence-electron chi connectivity index (χ0n) is 23.6. The second kappa shape index (κ2) is 11.2. The van der Waals surface area contributed by atoms with Crippen molar-refractivity contribution in [2.75, 3.05) is 7.11 Å². The van der Waals surface area contributed by atoms with Gasteiger partial charge in [0.15, 0.2) is 17.0 Å². The van der Waals surface area contributed by atoms with E-state index in [4.69, 9.17) is 9.72 Å². The molecule has 0 radical (unpaired) electrons. The molecule has 1 aliphatic carbocycles. The molecule has 3 aromatic heterocycles. The average Bonchev–Trinajstić information content (AvgIpc) is 3.67. The lowest BCUT2D eigenvalue weighted by atomic mass is 9.88. The van der Waals surface area contributed by atoms with Crippen molar-refractivity contribution in [3.05, 3.63) is 80.8 Å². The first-order chi connectivity index (χ1) is 20.0. The molecule has 11 nitrogen and oxygen atoms in total. The number of hydrogen-bond donors (Lipinski definition) is 1. The Morgan fingerprint density at radius 1 is 1.00 bits per heavy atom. The molecule has 0 bridgehead atoms. The Bertz CT molecular complexity index is 1780. The second-order valence-electron chi connectivity index (χ2n) is 10.6. The number of fused-ring (bicyclic) bond motifs is 1. The van der Waals surface area contributed by atoms with E-state index in [-0.39, 0.29) is 18.0 Å². The Morgan fingerprint density at radius 2 is 1.73 bits per heavy atom. The maximum atomic E-state index is 13.8. The van der Waals surface area contributed by atoms with E-state index in [9.17, 15) is 9.59 Å². The molecule has 1 unspecified atom stereocenters. The summed E-state index contributed by atoms with van der Waals surface area (Å²) >= 11 is 0. The second-order valence-corrected chi connectivity index (χ2v) is 10.6. The number of H-pyrrole nitrogens is 1. The highest BCUT2D eigenvalue weighted by atomic mass is 16.5. The van der Waals surface area contributed by atoms with E-state index in [1.54, 1.807) is 14.0 Å². The van der Waals surface area contributed by atoms with Crippen LogP contribution >= 0.6 is 0 Å². The van der Waals surface area contributed by atoms with Gasteiger partial charge in [-0.1, -0.05) is 67.8 Å². The lowest BCUT2D eigenvalue weighted by molar-refractivity contribution is 0.0586. The summed E-state index contributed by atoms with van der Waals surface area (Å²) in [5, 5.41) is 14.4. The highest BCUT2D eigenvalue weighted by molar-refractivity contribution is 5.80. The van der Waals surface area contributed by atoms with E-state index in [2.05, 4.69) is 44.9 Å². The summed E-state index contributed by atoms with van der Waals surface area (Å²) in [4.78, 5) is 32.1. The molecule has 0 saturated heterocycles. The Labute approximate surface area is 236 Å². The van der Waals surface area contributed by atoms with Crippen LogP contribution in [0, 0.1) is 0 Å². The normalized spacial score (nSPS) is 15.0. The molecule has 5 aromatic rings. The lowest BCUT2D eigenvalue weighted by Crippen LogP contribution is -2.41. The van der Waals surface area contributed by atoms with Gasteiger partial charge < -0.3 is 9.30 Å². The summed E-state index contributed by atoms with van der Waals surface area (Å²) in [6.45, 7) is 4.35. The Hall–Kier alpha value is -4.38. The summed E-state index contributed by atoms with van der Waals surface area (Å²) in [6, 6.07) is 16.3. The third-order valence-electron chi connectivity index (χ3n) is 8.22. The number of methoxy groups -OCH3 is 1. The van der Waals surface area contributed by atoms with Crippen LogP contribution in [0.3, 0.4) is 0 Å². The van der Waals surface area contributed by atoms with Crippen molar-refractivity contribution >= 4 is 11.2 Å². The molecule has 1 fully saturated rings. The van der Waals surface area contributed by atoms with Crippen molar-refractivity contribution in [2.24, 2.45) is 0 Å². The van der Waals surface area contributed by atoms with Gasteiger partial charge in [-0.05, 0) is 53.8 Å². The maximum Gasteiger partial charge on any atom is 0.334 e. The fourth-order valence-electron chi connectivity index (χ4n) is 6.00. The molecule has 3 heterocycles. The van der Waals surface area contributed by atoms with Gasteiger partial charge in [0, 0.05) is 31.7 Å². The number of ether oxygens (including phenoxy) is 1. The van der Waals surface area contributed by atoms with E-state index in [0.29, 0.717) is 23.5 Å². The van der Waals surface area contributed by atoms with E-state index < -0.39 is 11.9 Å². The van der Waals surface area contributed by atoms with Crippen molar-refractivity contribution in [1.82, 2.24) is 39.3 Å². The highest BCUT2D eigenvalue weighted by Crippen LogP contribution is 2.34. The van der Waals surface area contributed by atoms with Crippen molar-refractivity contribution in [2.45, 2.75) is 71.2 Å². The van der Waals surface area contributed by atoms with Crippen LogP contribution < -0.4 is 11.2 Å². The largest absolute Gasteiger partial charge is 0.361 e. The number of aromatic nitrogens is 8. The number of tetrazole rings is 1. The van der Waals surface area contributed by atoms with Crippen molar-refractivity contribution in [3.63, 3.8) is 0 Å². The number of nitrogens with zero attached hydrogens (tertiary/aromatic N) is 7. The van der Waals surface area contributed by atoms with Crippen LogP contribution in [0.25, 0.3) is 33.7 Å². The van der Waals surface area contributed by atoms with E-state index in [1.807, 2.05) is 35.8 Å². The third-order valence-corrected chi connectivity index (χ3v) is 8.22. The summed E-state index contributed by atoms with van der Waals surface area (Å²) < 4.78 is 10.4. The average molecular weight is 555 g/mol. The molecule has 41 heavy (non-hydrogen) atoms. The topological polar surface area (TPSA) is 126 Å².